The Morgan fingerprint density at radius 3 is 2.59 bits per heavy atom. The van der Waals surface area contributed by atoms with Gasteiger partial charge in [0.1, 0.15) is 11.6 Å². The van der Waals surface area contributed by atoms with Crippen LogP contribution in [0.1, 0.15) is 18.4 Å². The molecule has 4 rings (SSSR count). The lowest BCUT2D eigenvalue weighted by molar-refractivity contribution is -0.125. The highest BCUT2D eigenvalue weighted by Crippen LogP contribution is 2.40. The largest absolute Gasteiger partial charge is 0.493 e. The SMILES string of the molecule is COc1cc(Nc2nccc(N3CCCC(C(=O)NCc4cc(Br)ccc4F)C3)n2)cc(OC)c1OC. The smallest absolute Gasteiger partial charge is 0.229 e. The van der Waals surface area contributed by atoms with Crippen LogP contribution < -0.4 is 29.7 Å². The minimum absolute atomic E-state index is 0.103. The molecule has 3 aromatic rings. The lowest BCUT2D eigenvalue weighted by Gasteiger charge is -2.33. The number of hydrogen-bond donors (Lipinski definition) is 2. The first-order valence-electron chi connectivity index (χ1n) is 11.8. The standard InChI is InChI=1S/C26H29BrFN5O4/c1-35-21-12-19(13-22(36-2)24(21)37-3)31-26-29-9-8-23(32-26)33-10-4-5-16(15-33)25(34)30-14-17-11-18(27)6-7-20(17)28/h6-9,11-13,16H,4-5,10,14-15H2,1-3H3,(H,30,34)(H,29,31,32). The fourth-order valence-electron chi connectivity index (χ4n) is 4.27. The molecule has 2 aromatic carbocycles. The summed E-state index contributed by atoms with van der Waals surface area (Å²) in [5.74, 6) is 1.93. The number of hydrogen-bond acceptors (Lipinski definition) is 8. The predicted octanol–water partition coefficient (Wildman–Crippen LogP) is 4.68. The number of nitrogens with zero attached hydrogens (tertiary/aromatic N) is 3. The molecule has 1 aromatic heterocycles. The molecule has 2 heterocycles. The second kappa shape index (κ2) is 12.1. The maximum atomic E-state index is 14.0. The number of anilines is 3. The second-order valence-corrected chi connectivity index (χ2v) is 9.43. The number of methoxy groups -OCH3 is 3. The van der Waals surface area contributed by atoms with E-state index in [4.69, 9.17) is 14.2 Å². The predicted molar refractivity (Wildman–Crippen MR) is 142 cm³/mol. The van der Waals surface area contributed by atoms with Crippen LogP contribution in [0.5, 0.6) is 17.2 Å². The van der Waals surface area contributed by atoms with E-state index in [1.54, 1.807) is 51.8 Å². The Hall–Kier alpha value is -3.60. The Bertz CT molecular complexity index is 1240. The van der Waals surface area contributed by atoms with Crippen LogP contribution in [0.4, 0.5) is 21.8 Å². The van der Waals surface area contributed by atoms with Crippen molar-refractivity contribution in [3.05, 3.63) is 58.4 Å². The Labute approximate surface area is 223 Å². The number of benzene rings is 2. The number of carbonyl (C=O) groups excluding carboxylic acids is 1. The van der Waals surface area contributed by atoms with Gasteiger partial charge in [0.2, 0.25) is 17.6 Å². The second-order valence-electron chi connectivity index (χ2n) is 8.52. The average Bonchev–Trinajstić information content (AvgIpc) is 2.93. The summed E-state index contributed by atoms with van der Waals surface area (Å²) in [5.41, 5.74) is 1.11. The molecule has 0 spiro atoms. The third-order valence-electron chi connectivity index (χ3n) is 6.14. The third kappa shape index (κ3) is 6.40. The minimum atomic E-state index is -0.345. The van der Waals surface area contributed by atoms with E-state index in [1.165, 1.54) is 6.07 Å². The van der Waals surface area contributed by atoms with E-state index >= 15 is 0 Å². The van der Waals surface area contributed by atoms with Gasteiger partial charge in [-0.15, -0.1) is 0 Å². The average molecular weight is 574 g/mol. The number of halogens is 2. The topological polar surface area (TPSA) is 97.8 Å². The van der Waals surface area contributed by atoms with E-state index < -0.39 is 0 Å². The van der Waals surface area contributed by atoms with Crippen LogP contribution in [0.15, 0.2) is 47.1 Å². The fraction of sp³-hybridized carbons (Fsp3) is 0.346. The van der Waals surface area contributed by atoms with Gasteiger partial charge in [-0.05, 0) is 37.1 Å². The van der Waals surface area contributed by atoms with E-state index in [0.29, 0.717) is 46.8 Å². The first-order chi connectivity index (χ1) is 17.9. The molecular formula is C26H29BrFN5O4. The molecule has 1 amide bonds. The summed E-state index contributed by atoms with van der Waals surface area (Å²) in [5, 5.41) is 6.06. The van der Waals surface area contributed by atoms with Gasteiger partial charge in [0.05, 0.1) is 27.2 Å². The van der Waals surface area contributed by atoms with Gasteiger partial charge in [0.25, 0.3) is 0 Å². The molecule has 196 valence electrons. The first-order valence-corrected chi connectivity index (χ1v) is 12.6. The third-order valence-corrected chi connectivity index (χ3v) is 6.63. The van der Waals surface area contributed by atoms with Crippen LogP contribution in [0.25, 0.3) is 0 Å². The van der Waals surface area contributed by atoms with Crippen LogP contribution in [-0.4, -0.2) is 50.3 Å². The van der Waals surface area contributed by atoms with Crippen molar-refractivity contribution >= 4 is 39.3 Å². The summed E-state index contributed by atoms with van der Waals surface area (Å²) < 4.78 is 31.0. The van der Waals surface area contributed by atoms with E-state index in [9.17, 15) is 9.18 Å². The van der Waals surface area contributed by atoms with Crippen molar-refractivity contribution in [1.82, 2.24) is 15.3 Å². The van der Waals surface area contributed by atoms with Crippen molar-refractivity contribution in [3.63, 3.8) is 0 Å². The molecule has 1 fully saturated rings. The zero-order chi connectivity index (χ0) is 26.4. The van der Waals surface area contributed by atoms with Crippen molar-refractivity contribution in [2.24, 2.45) is 5.92 Å². The molecule has 1 aliphatic heterocycles. The number of amides is 1. The first kappa shape index (κ1) is 26.5. The van der Waals surface area contributed by atoms with Gasteiger partial charge in [-0.2, -0.15) is 4.98 Å². The van der Waals surface area contributed by atoms with Crippen molar-refractivity contribution in [1.29, 1.82) is 0 Å². The zero-order valence-corrected chi connectivity index (χ0v) is 22.5. The molecule has 9 nitrogen and oxygen atoms in total. The molecule has 1 unspecified atom stereocenters. The van der Waals surface area contributed by atoms with E-state index in [0.717, 1.165) is 23.9 Å². The molecular weight excluding hydrogens is 545 g/mol. The molecule has 0 radical (unpaired) electrons. The summed E-state index contributed by atoms with van der Waals surface area (Å²) in [7, 11) is 4.65. The highest BCUT2D eigenvalue weighted by molar-refractivity contribution is 9.10. The molecule has 0 bridgehead atoms. The number of rotatable bonds is 9. The summed E-state index contributed by atoms with van der Waals surface area (Å²) in [6.07, 6.45) is 3.26. The van der Waals surface area contributed by atoms with Crippen molar-refractivity contribution in [2.75, 3.05) is 44.6 Å². The van der Waals surface area contributed by atoms with Crippen LogP contribution >= 0.6 is 15.9 Å². The Morgan fingerprint density at radius 2 is 1.89 bits per heavy atom. The van der Waals surface area contributed by atoms with Gasteiger partial charge >= 0.3 is 0 Å². The Morgan fingerprint density at radius 1 is 1.14 bits per heavy atom. The number of piperidine rings is 1. The number of nitrogens with one attached hydrogen (secondary N) is 2. The van der Waals surface area contributed by atoms with Crippen molar-refractivity contribution in [2.45, 2.75) is 19.4 Å². The lowest BCUT2D eigenvalue weighted by atomic mass is 9.97. The number of aromatic nitrogens is 2. The quantitative estimate of drug-likeness (QED) is 0.381. The Kier molecular flexibility index (Phi) is 8.65. The summed E-state index contributed by atoms with van der Waals surface area (Å²) in [6.45, 7) is 1.41. The lowest BCUT2D eigenvalue weighted by Crippen LogP contribution is -2.43. The zero-order valence-electron chi connectivity index (χ0n) is 20.9. The van der Waals surface area contributed by atoms with Crippen molar-refractivity contribution < 1.29 is 23.4 Å². The van der Waals surface area contributed by atoms with Crippen LogP contribution in [0, 0.1) is 11.7 Å². The molecule has 1 saturated heterocycles. The van der Waals surface area contributed by atoms with Crippen LogP contribution in [-0.2, 0) is 11.3 Å². The number of carbonyl (C=O) groups is 1. The monoisotopic (exact) mass is 573 g/mol. The maximum absolute atomic E-state index is 14.0. The molecule has 11 heteroatoms. The van der Waals surface area contributed by atoms with Gasteiger partial charge in [0.15, 0.2) is 11.5 Å². The van der Waals surface area contributed by atoms with Gasteiger partial charge in [-0.1, -0.05) is 15.9 Å². The molecule has 2 N–H and O–H groups in total. The number of ether oxygens (including phenoxy) is 3. The molecule has 37 heavy (non-hydrogen) atoms. The fourth-order valence-corrected chi connectivity index (χ4v) is 4.68. The van der Waals surface area contributed by atoms with E-state index in [2.05, 4.69) is 41.4 Å². The van der Waals surface area contributed by atoms with Gasteiger partial charge in [-0.25, -0.2) is 9.37 Å². The summed E-state index contributed by atoms with van der Waals surface area (Å²) in [6, 6.07) is 10.0. The van der Waals surface area contributed by atoms with Gasteiger partial charge in [0, 0.05) is 53.7 Å². The summed E-state index contributed by atoms with van der Waals surface area (Å²) in [4.78, 5) is 23.9. The van der Waals surface area contributed by atoms with Gasteiger partial charge < -0.3 is 29.7 Å². The summed E-state index contributed by atoms with van der Waals surface area (Å²) >= 11 is 3.34. The highest BCUT2D eigenvalue weighted by Gasteiger charge is 2.27. The molecule has 1 atom stereocenters. The normalized spacial score (nSPS) is 15.2. The van der Waals surface area contributed by atoms with E-state index in [-0.39, 0.29) is 24.2 Å². The molecule has 0 saturated carbocycles. The highest BCUT2D eigenvalue weighted by atomic mass is 79.9. The van der Waals surface area contributed by atoms with Gasteiger partial charge in [-0.3, -0.25) is 4.79 Å². The van der Waals surface area contributed by atoms with Crippen molar-refractivity contribution in [3.8, 4) is 17.2 Å². The van der Waals surface area contributed by atoms with Crippen LogP contribution in [0.2, 0.25) is 0 Å². The Balaban J connectivity index is 1.43. The van der Waals surface area contributed by atoms with E-state index in [1.807, 2.05) is 6.07 Å². The minimum Gasteiger partial charge on any atom is -0.493 e. The molecule has 1 aliphatic rings. The molecule has 0 aliphatic carbocycles. The van der Waals surface area contributed by atoms with Crippen LogP contribution in [0.3, 0.4) is 0 Å². The maximum Gasteiger partial charge on any atom is 0.229 e.